The first-order valence-electron chi connectivity index (χ1n) is 10.8. The Labute approximate surface area is 189 Å². The second-order valence-electron chi connectivity index (χ2n) is 7.96. The van der Waals surface area contributed by atoms with E-state index in [0.717, 1.165) is 22.3 Å². The molecule has 0 aromatic heterocycles. The number of likely N-dealkylation sites (N-methyl/N-ethyl adjacent to an activating group) is 1. The Bertz CT molecular complexity index is 1030. The van der Waals surface area contributed by atoms with Gasteiger partial charge >= 0.3 is 0 Å². The van der Waals surface area contributed by atoms with Gasteiger partial charge in [-0.05, 0) is 22.3 Å². The van der Waals surface area contributed by atoms with E-state index in [1.165, 1.54) is 0 Å². The fourth-order valence-corrected chi connectivity index (χ4v) is 4.34. The van der Waals surface area contributed by atoms with Crippen LogP contribution in [0, 0.1) is 0 Å². The summed E-state index contributed by atoms with van der Waals surface area (Å²) < 4.78 is 0. The second kappa shape index (κ2) is 9.63. The number of hydrogen-bond donors (Lipinski definition) is 1. The third-order valence-electron chi connectivity index (χ3n) is 5.92. The highest BCUT2D eigenvalue weighted by Gasteiger charge is 2.45. The molecule has 0 aliphatic heterocycles. The maximum atomic E-state index is 14.3. The third kappa shape index (κ3) is 4.08. The normalized spacial score (nSPS) is 12.2. The van der Waals surface area contributed by atoms with Crippen LogP contribution < -0.4 is 0 Å². The lowest BCUT2D eigenvalue weighted by molar-refractivity contribution is -0.134. The number of hydrogen-bond acceptors (Lipinski definition) is 2. The van der Waals surface area contributed by atoms with E-state index in [0.29, 0.717) is 0 Å². The van der Waals surface area contributed by atoms with Crippen LogP contribution in [-0.2, 0) is 10.2 Å². The molecule has 0 saturated heterocycles. The van der Waals surface area contributed by atoms with Crippen LogP contribution >= 0.6 is 0 Å². The first-order chi connectivity index (χ1) is 15.6. The van der Waals surface area contributed by atoms with Gasteiger partial charge in [0.2, 0.25) is 5.91 Å². The average molecular weight is 422 g/mol. The maximum Gasteiger partial charge on any atom is 0.242 e. The molecule has 0 aliphatic carbocycles. The smallest absolute Gasteiger partial charge is 0.242 e. The summed E-state index contributed by atoms with van der Waals surface area (Å²) >= 11 is 0. The van der Waals surface area contributed by atoms with E-state index in [-0.39, 0.29) is 12.5 Å². The van der Waals surface area contributed by atoms with Gasteiger partial charge in [0.05, 0.1) is 12.6 Å². The van der Waals surface area contributed by atoms with Crippen LogP contribution in [0.25, 0.3) is 0 Å². The summed E-state index contributed by atoms with van der Waals surface area (Å²) in [6.45, 7) is 0.192. The van der Waals surface area contributed by atoms with Crippen molar-refractivity contribution in [2.75, 3.05) is 13.6 Å². The SMILES string of the molecule is CN(CC(O)c1ccccc1)C(=O)C(c1ccccc1)(c1ccccc1)c1ccccc1. The first-order valence-corrected chi connectivity index (χ1v) is 10.8. The van der Waals surface area contributed by atoms with Crippen molar-refractivity contribution in [3.05, 3.63) is 144 Å². The molecule has 32 heavy (non-hydrogen) atoms. The van der Waals surface area contributed by atoms with Gasteiger partial charge in [-0.25, -0.2) is 0 Å². The Morgan fingerprint density at radius 1 is 0.688 bits per heavy atom. The Morgan fingerprint density at radius 2 is 1.03 bits per heavy atom. The van der Waals surface area contributed by atoms with Crippen LogP contribution in [0.2, 0.25) is 0 Å². The zero-order valence-electron chi connectivity index (χ0n) is 18.1. The number of aliphatic hydroxyl groups is 1. The van der Waals surface area contributed by atoms with Crippen LogP contribution in [0.3, 0.4) is 0 Å². The van der Waals surface area contributed by atoms with Crippen molar-refractivity contribution in [1.29, 1.82) is 0 Å². The molecule has 3 nitrogen and oxygen atoms in total. The molecule has 3 heteroatoms. The second-order valence-corrected chi connectivity index (χ2v) is 7.96. The molecule has 1 atom stereocenters. The van der Waals surface area contributed by atoms with Crippen LogP contribution in [0.5, 0.6) is 0 Å². The predicted octanol–water partition coefficient (Wildman–Crippen LogP) is 5.21. The number of nitrogens with zero attached hydrogens (tertiary/aromatic N) is 1. The number of benzene rings is 4. The summed E-state index contributed by atoms with van der Waals surface area (Å²) in [6, 6.07) is 39.1. The molecule has 1 N–H and O–H groups in total. The minimum Gasteiger partial charge on any atom is -0.387 e. The number of carbonyl (C=O) groups excluding carboxylic acids is 1. The van der Waals surface area contributed by atoms with Gasteiger partial charge in [0.25, 0.3) is 0 Å². The zero-order chi connectivity index (χ0) is 22.4. The lowest BCUT2D eigenvalue weighted by atomic mass is 9.68. The molecule has 0 bridgehead atoms. The Morgan fingerprint density at radius 3 is 1.41 bits per heavy atom. The van der Waals surface area contributed by atoms with Gasteiger partial charge in [-0.2, -0.15) is 0 Å². The van der Waals surface area contributed by atoms with Crippen LogP contribution in [-0.4, -0.2) is 29.5 Å². The topological polar surface area (TPSA) is 40.5 Å². The largest absolute Gasteiger partial charge is 0.387 e. The quantitative estimate of drug-likeness (QED) is 0.416. The van der Waals surface area contributed by atoms with Crippen molar-refractivity contribution in [2.24, 2.45) is 0 Å². The molecular weight excluding hydrogens is 394 g/mol. The van der Waals surface area contributed by atoms with Crippen molar-refractivity contribution >= 4 is 5.91 Å². The Balaban J connectivity index is 1.84. The number of aliphatic hydroxyl groups excluding tert-OH is 1. The zero-order valence-corrected chi connectivity index (χ0v) is 18.1. The minimum atomic E-state index is -1.03. The van der Waals surface area contributed by atoms with Crippen molar-refractivity contribution in [3.63, 3.8) is 0 Å². The monoisotopic (exact) mass is 421 g/mol. The highest BCUT2D eigenvalue weighted by atomic mass is 16.3. The molecule has 0 fully saturated rings. The van der Waals surface area contributed by atoms with Crippen LogP contribution in [0.1, 0.15) is 28.4 Å². The van der Waals surface area contributed by atoms with Crippen LogP contribution in [0.4, 0.5) is 0 Å². The summed E-state index contributed by atoms with van der Waals surface area (Å²) in [5.41, 5.74) is 2.43. The highest BCUT2D eigenvalue weighted by molar-refractivity contribution is 5.96. The molecule has 0 aliphatic rings. The van der Waals surface area contributed by atoms with Crippen molar-refractivity contribution in [1.82, 2.24) is 4.90 Å². The molecule has 0 spiro atoms. The lowest BCUT2D eigenvalue weighted by Gasteiger charge is -2.38. The molecule has 1 unspecified atom stereocenters. The van der Waals surface area contributed by atoms with Crippen molar-refractivity contribution < 1.29 is 9.90 Å². The third-order valence-corrected chi connectivity index (χ3v) is 5.92. The fraction of sp³-hybridized carbons (Fsp3) is 0.138. The standard InChI is InChI=1S/C29H27NO2/c1-30(22-27(31)23-14-6-2-7-15-23)28(32)29(24-16-8-3-9-17-24,25-18-10-4-11-19-25)26-20-12-5-13-21-26/h2-21,27,31H,22H2,1H3. The van der Waals surface area contributed by atoms with Gasteiger partial charge in [0, 0.05) is 7.05 Å². The summed E-state index contributed by atoms with van der Waals surface area (Å²) in [5, 5.41) is 10.8. The lowest BCUT2D eigenvalue weighted by Crippen LogP contribution is -2.48. The van der Waals surface area contributed by atoms with E-state index >= 15 is 0 Å². The van der Waals surface area contributed by atoms with Gasteiger partial charge < -0.3 is 10.0 Å². The molecule has 1 amide bonds. The number of carbonyl (C=O) groups is 1. The van der Waals surface area contributed by atoms with E-state index in [1.807, 2.05) is 121 Å². The van der Waals surface area contributed by atoms with Crippen molar-refractivity contribution in [2.45, 2.75) is 11.5 Å². The molecule has 0 saturated carbocycles. The van der Waals surface area contributed by atoms with E-state index in [1.54, 1.807) is 11.9 Å². The molecule has 4 aromatic rings. The van der Waals surface area contributed by atoms with Gasteiger partial charge in [-0.3, -0.25) is 4.79 Å². The summed E-state index contributed by atoms with van der Waals surface area (Å²) in [6.07, 6.45) is -0.773. The molecular formula is C29H27NO2. The Hall–Kier alpha value is -3.69. The molecule has 4 rings (SSSR count). The highest BCUT2D eigenvalue weighted by Crippen LogP contribution is 2.41. The van der Waals surface area contributed by atoms with Gasteiger partial charge in [-0.15, -0.1) is 0 Å². The molecule has 160 valence electrons. The summed E-state index contributed by atoms with van der Waals surface area (Å²) in [4.78, 5) is 16.0. The van der Waals surface area contributed by atoms with E-state index in [2.05, 4.69) is 0 Å². The maximum absolute atomic E-state index is 14.3. The van der Waals surface area contributed by atoms with Crippen LogP contribution in [0.15, 0.2) is 121 Å². The van der Waals surface area contributed by atoms with E-state index < -0.39 is 11.5 Å². The first kappa shape index (κ1) is 21.5. The van der Waals surface area contributed by atoms with Gasteiger partial charge in [0.1, 0.15) is 5.41 Å². The molecule has 4 aromatic carbocycles. The molecule has 0 radical (unpaired) electrons. The number of amides is 1. The van der Waals surface area contributed by atoms with E-state index in [4.69, 9.17) is 0 Å². The summed E-state index contributed by atoms with van der Waals surface area (Å²) in [7, 11) is 1.76. The van der Waals surface area contributed by atoms with Crippen molar-refractivity contribution in [3.8, 4) is 0 Å². The average Bonchev–Trinajstić information content (AvgIpc) is 2.87. The minimum absolute atomic E-state index is 0.0870. The number of rotatable bonds is 7. The predicted molar refractivity (Wildman–Crippen MR) is 128 cm³/mol. The van der Waals surface area contributed by atoms with Gasteiger partial charge in [0.15, 0.2) is 0 Å². The fourth-order valence-electron chi connectivity index (χ4n) is 4.34. The molecule has 0 heterocycles. The van der Waals surface area contributed by atoms with E-state index in [9.17, 15) is 9.90 Å². The Kier molecular flexibility index (Phi) is 6.48. The van der Waals surface area contributed by atoms with Gasteiger partial charge in [-0.1, -0.05) is 121 Å². The summed E-state index contributed by atoms with van der Waals surface area (Å²) in [5.74, 6) is -0.0870.